The summed E-state index contributed by atoms with van der Waals surface area (Å²) >= 11 is 0. The first kappa shape index (κ1) is 16.3. The summed E-state index contributed by atoms with van der Waals surface area (Å²) in [5.41, 5.74) is 2.11. The van der Waals surface area contributed by atoms with E-state index in [4.69, 9.17) is 19.4 Å². The average Bonchev–Trinajstić information content (AvgIpc) is 3.37. The fourth-order valence-corrected chi connectivity index (χ4v) is 3.71. The van der Waals surface area contributed by atoms with E-state index >= 15 is 0 Å². The minimum absolute atomic E-state index is 0.294. The number of nitrogens with zero attached hydrogens (tertiary/aromatic N) is 3. The maximum absolute atomic E-state index is 5.47. The molecule has 6 heteroatoms. The summed E-state index contributed by atoms with van der Waals surface area (Å²) in [4.78, 5) is 12.0. The zero-order chi connectivity index (χ0) is 18.1. The van der Waals surface area contributed by atoms with Crippen LogP contribution in [0.15, 0.2) is 42.5 Å². The van der Waals surface area contributed by atoms with Gasteiger partial charge in [0.15, 0.2) is 11.5 Å². The van der Waals surface area contributed by atoms with Crippen LogP contribution >= 0.6 is 0 Å². The highest BCUT2D eigenvalue weighted by Gasteiger charge is 2.16. The summed E-state index contributed by atoms with van der Waals surface area (Å²) in [5.74, 6) is 3.37. The summed E-state index contributed by atoms with van der Waals surface area (Å²) in [6.45, 7) is 4.04. The fourth-order valence-electron chi connectivity index (χ4n) is 3.71. The quantitative estimate of drug-likeness (QED) is 0.749. The molecule has 138 valence electrons. The van der Waals surface area contributed by atoms with E-state index < -0.39 is 0 Å². The molecule has 0 amide bonds. The van der Waals surface area contributed by atoms with Crippen molar-refractivity contribution in [2.45, 2.75) is 25.9 Å². The van der Waals surface area contributed by atoms with Crippen LogP contribution in [0.4, 0.5) is 5.82 Å². The highest BCUT2D eigenvalue weighted by Crippen LogP contribution is 2.32. The van der Waals surface area contributed by atoms with Crippen LogP contribution in [-0.4, -0.2) is 34.8 Å². The summed E-state index contributed by atoms with van der Waals surface area (Å²) in [5, 5.41) is 4.54. The van der Waals surface area contributed by atoms with Gasteiger partial charge in [-0.2, -0.15) is 0 Å². The van der Waals surface area contributed by atoms with Crippen molar-refractivity contribution in [1.82, 2.24) is 14.9 Å². The molecule has 0 bridgehead atoms. The Bertz CT molecular complexity index is 970. The van der Waals surface area contributed by atoms with Gasteiger partial charge in [0.25, 0.3) is 0 Å². The third-order valence-electron chi connectivity index (χ3n) is 5.11. The van der Waals surface area contributed by atoms with E-state index in [2.05, 4.69) is 28.4 Å². The van der Waals surface area contributed by atoms with Gasteiger partial charge in [-0.3, -0.25) is 4.90 Å². The molecule has 0 atom stereocenters. The van der Waals surface area contributed by atoms with Crippen LogP contribution in [0.3, 0.4) is 0 Å². The van der Waals surface area contributed by atoms with Gasteiger partial charge >= 0.3 is 0 Å². The topological polar surface area (TPSA) is 59.5 Å². The highest BCUT2D eigenvalue weighted by molar-refractivity contribution is 5.88. The highest BCUT2D eigenvalue weighted by atomic mass is 16.7. The van der Waals surface area contributed by atoms with E-state index in [1.807, 2.05) is 24.3 Å². The number of rotatable bonds is 5. The molecule has 3 heterocycles. The molecule has 2 aliphatic heterocycles. The van der Waals surface area contributed by atoms with Gasteiger partial charge in [-0.15, -0.1) is 0 Å². The number of fused-ring (bicyclic) bond motifs is 2. The second-order valence-electron chi connectivity index (χ2n) is 7.03. The molecule has 0 aliphatic carbocycles. The van der Waals surface area contributed by atoms with Gasteiger partial charge in [0.2, 0.25) is 6.79 Å². The number of benzene rings is 2. The predicted molar refractivity (Wildman–Crippen MR) is 104 cm³/mol. The number of ether oxygens (including phenoxy) is 2. The molecule has 0 unspecified atom stereocenters. The zero-order valence-electron chi connectivity index (χ0n) is 15.1. The molecule has 1 fully saturated rings. The average molecular weight is 362 g/mol. The Morgan fingerprint density at radius 2 is 1.81 bits per heavy atom. The Balaban J connectivity index is 1.40. The van der Waals surface area contributed by atoms with Crippen molar-refractivity contribution in [3.8, 4) is 11.5 Å². The Kier molecular flexibility index (Phi) is 4.26. The molecule has 0 radical (unpaired) electrons. The zero-order valence-corrected chi connectivity index (χ0v) is 15.1. The Hall–Kier alpha value is -2.86. The summed E-state index contributed by atoms with van der Waals surface area (Å²) < 4.78 is 10.9. The lowest BCUT2D eigenvalue weighted by molar-refractivity contribution is 0.174. The van der Waals surface area contributed by atoms with Crippen molar-refractivity contribution in [2.24, 2.45) is 0 Å². The first-order chi connectivity index (χ1) is 13.3. The molecule has 1 aromatic heterocycles. The first-order valence-corrected chi connectivity index (χ1v) is 9.45. The van der Waals surface area contributed by atoms with Crippen LogP contribution in [0.5, 0.6) is 11.5 Å². The van der Waals surface area contributed by atoms with Gasteiger partial charge in [-0.05, 0) is 55.8 Å². The minimum Gasteiger partial charge on any atom is -0.454 e. The molecule has 2 aromatic carbocycles. The predicted octanol–water partition coefficient (Wildman–Crippen LogP) is 3.57. The van der Waals surface area contributed by atoms with E-state index in [9.17, 15) is 0 Å². The monoisotopic (exact) mass is 362 g/mol. The van der Waals surface area contributed by atoms with Gasteiger partial charge in [-0.1, -0.05) is 18.2 Å². The lowest BCUT2D eigenvalue weighted by Crippen LogP contribution is -2.20. The van der Waals surface area contributed by atoms with Crippen LogP contribution in [0.2, 0.25) is 0 Å². The van der Waals surface area contributed by atoms with E-state index in [1.165, 1.54) is 12.8 Å². The number of para-hydroxylation sites is 1. The fraction of sp³-hybridized carbons (Fsp3) is 0.333. The maximum Gasteiger partial charge on any atom is 0.231 e. The van der Waals surface area contributed by atoms with Gasteiger partial charge in [0, 0.05) is 11.9 Å². The molecule has 1 saturated heterocycles. The molecule has 27 heavy (non-hydrogen) atoms. The lowest BCUT2D eigenvalue weighted by Gasteiger charge is -2.15. The standard InChI is InChI=1S/C21H22N4O2/c1-2-6-17-16(5-1)21(24-20(23-17)13-25-9-3-4-10-25)22-12-15-7-8-18-19(11-15)27-14-26-18/h1-2,5-8,11H,3-4,9-10,12-14H2,(H,22,23,24). The first-order valence-electron chi connectivity index (χ1n) is 9.45. The summed E-state index contributed by atoms with van der Waals surface area (Å²) in [6.07, 6.45) is 2.53. The molecule has 0 saturated carbocycles. The summed E-state index contributed by atoms with van der Waals surface area (Å²) in [6, 6.07) is 14.2. The number of hydrogen-bond donors (Lipinski definition) is 1. The Labute approximate surface area is 158 Å². The largest absolute Gasteiger partial charge is 0.454 e. The molecule has 3 aromatic rings. The number of nitrogens with one attached hydrogen (secondary N) is 1. The molecular weight excluding hydrogens is 340 g/mol. The SMILES string of the molecule is c1ccc2c(NCc3ccc4c(c3)OCO4)nc(CN3CCCC3)nc2c1. The van der Waals surface area contributed by atoms with Gasteiger partial charge < -0.3 is 14.8 Å². The van der Waals surface area contributed by atoms with Crippen molar-refractivity contribution in [1.29, 1.82) is 0 Å². The lowest BCUT2D eigenvalue weighted by atomic mass is 10.2. The Morgan fingerprint density at radius 1 is 0.963 bits per heavy atom. The molecular formula is C21H22N4O2. The van der Waals surface area contributed by atoms with Crippen molar-refractivity contribution in [3.63, 3.8) is 0 Å². The summed E-state index contributed by atoms with van der Waals surface area (Å²) in [7, 11) is 0. The minimum atomic E-state index is 0.294. The Morgan fingerprint density at radius 3 is 2.74 bits per heavy atom. The van der Waals surface area contributed by atoms with E-state index in [1.54, 1.807) is 0 Å². The molecule has 0 spiro atoms. The second kappa shape index (κ2) is 7.04. The number of hydrogen-bond acceptors (Lipinski definition) is 6. The molecule has 6 nitrogen and oxygen atoms in total. The van der Waals surface area contributed by atoms with Crippen molar-refractivity contribution in [3.05, 3.63) is 53.9 Å². The number of anilines is 1. The second-order valence-corrected chi connectivity index (χ2v) is 7.03. The molecule has 5 rings (SSSR count). The van der Waals surface area contributed by atoms with Crippen LogP contribution < -0.4 is 14.8 Å². The maximum atomic E-state index is 5.47. The van der Waals surface area contributed by atoms with E-state index in [0.717, 1.165) is 59.2 Å². The van der Waals surface area contributed by atoms with E-state index in [0.29, 0.717) is 13.3 Å². The van der Waals surface area contributed by atoms with Gasteiger partial charge in [-0.25, -0.2) is 9.97 Å². The number of aromatic nitrogens is 2. The van der Waals surface area contributed by atoms with Gasteiger partial charge in [0.1, 0.15) is 11.6 Å². The third kappa shape index (κ3) is 3.40. The van der Waals surface area contributed by atoms with Crippen LogP contribution in [-0.2, 0) is 13.1 Å². The van der Waals surface area contributed by atoms with Crippen LogP contribution in [0, 0.1) is 0 Å². The van der Waals surface area contributed by atoms with Gasteiger partial charge in [0.05, 0.1) is 12.1 Å². The normalized spacial score (nSPS) is 16.1. The third-order valence-corrected chi connectivity index (χ3v) is 5.11. The van der Waals surface area contributed by atoms with Crippen LogP contribution in [0.25, 0.3) is 10.9 Å². The number of likely N-dealkylation sites (tertiary alicyclic amines) is 1. The molecule has 2 aliphatic rings. The van der Waals surface area contributed by atoms with E-state index in [-0.39, 0.29) is 0 Å². The van der Waals surface area contributed by atoms with Crippen molar-refractivity contribution >= 4 is 16.7 Å². The van der Waals surface area contributed by atoms with Crippen molar-refractivity contribution < 1.29 is 9.47 Å². The van der Waals surface area contributed by atoms with Crippen LogP contribution in [0.1, 0.15) is 24.2 Å². The molecule has 1 N–H and O–H groups in total. The smallest absolute Gasteiger partial charge is 0.231 e. The van der Waals surface area contributed by atoms with Crippen molar-refractivity contribution in [2.75, 3.05) is 25.2 Å².